The molecule has 0 unspecified atom stereocenters. The lowest BCUT2D eigenvalue weighted by Crippen LogP contribution is -2.41. The fourth-order valence-electron chi connectivity index (χ4n) is 5.57. The SMILES string of the molecule is Cn1c(CNCCC[C@H](NC(=O)c2ccc(CNCc3ccccn3)cc2)C(=O)O)nc2ccccc21.NCc1cccc2ccccc12. The Morgan fingerprint density at radius 3 is 2.35 bits per heavy atom. The number of benzene rings is 4. The van der Waals surface area contributed by atoms with E-state index < -0.39 is 17.9 Å². The van der Waals surface area contributed by atoms with Crippen LogP contribution in [0.1, 0.15) is 45.8 Å². The molecular weight excluding hydrogens is 614 g/mol. The van der Waals surface area contributed by atoms with Crippen LogP contribution in [0.2, 0.25) is 0 Å². The van der Waals surface area contributed by atoms with Gasteiger partial charge in [0.15, 0.2) is 0 Å². The Morgan fingerprint density at radius 1 is 0.837 bits per heavy atom. The molecule has 0 fully saturated rings. The van der Waals surface area contributed by atoms with Crippen LogP contribution < -0.4 is 21.7 Å². The van der Waals surface area contributed by atoms with Crippen molar-refractivity contribution in [3.05, 3.63) is 144 Å². The van der Waals surface area contributed by atoms with E-state index in [1.165, 1.54) is 16.3 Å². The Hall–Kier alpha value is -5.42. The summed E-state index contributed by atoms with van der Waals surface area (Å²) in [4.78, 5) is 33.3. The maximum Gasteiger partial charge on any atom is 0.326 e. The second-order valence-corrected chi connectivity index (χ2v) is 11.7. The largest absolute Gasteiger partial charge is 0.480 e. The summed E-state index contributed by atoms with van der Waals surface area (Å²) < 4.78 is 2.05. The van der Waals surface area contributed by atoms with E-state index in [2.05, 4.69) is 50.2 Å². The number of pyridine rings is 1. The molecule has 0 saturated carbocycles. The van der Waals surface area contributed by atoms with Gasteiger partial charge in [0.25, 0.3) is 5.91 Å². The second-order valence-electron chi connectivity index (χ2n) is 11.7. The van der Waals surface area contributed by atoms with Gasteiger partial charge in [-0.15, -0.1) is 0 Å². The molecule has 0 aliphatic carbocycles. The smallest absolute Gasteiger partial charge is 0.326 e. The molecule has 252 valence electrons. The van der Waals surface area contributed by atoms with Gasteiger partial charge in [0.05, 0.1) is 23.3 Å². The Labute approximate surface area is 286 Å². The Balaban J connectivity index is 0.000000325. The number of imidazole rings is 1. The molecule has 0 aliphatic heterocycles. The van der Waals surface area contributed by atoms with E-state index >= 15 is 0 Å². The third-order valence-corrected chi connectivity index (χ3v) is 8.29. The van der Waals surface area contributed by atoms with E-state index in [1.807, 2.05) is 84.4 Å². The first-order valence-electron chi connectivity index (χ1n) is 16.4. The van der Waals surface area contributed by atoms with Crippen LogP contribution >= 0.6 is 0 Å². The van der Waals surface area contributed by atoms with Crippen LogP contribution in [-0.2, 0) is 38.0 Å². The minimum atomic E-state index is -1.04. The summed E-state index contributed by atoms with van der Waals surface area (Å²) in [6.45, 7) is 3.09. The number of para-hydroxylation sites is 2. The fraction of sp³-hybridized carbons (Fsp3) is 0.231. The van der Waals surface area contributed by atoms with E-state index in [4.69, 9.17) is 5.73 Å². The van der Waals surface area contributed by atoms with Gasteiger partial charge in [0.2, 0.25) is 0 Å². The minimum absolute atomic E-state index is 0.326. The highest BCUT2D eigenvalue weighted by atomic mass is 16.4. The molecule has 4 aromatic carbocycles. The fourth-order valence-corrected chi connectivity index (χ4v) is 5.57. The lowest BCUT2D eigenvalue weighted by atomic mass is 10.1. The molecule has 2 aromatic heterocycles. The molecule has 0 radical (unpaired) electrons. The Morgan fingerprint density at radius 2 is 1.59 bits per heavy atom. The number of aryl methyl sites for hydroxylation is 1. The van der Waals surface area contributed by atoms with Crippen LogP contribution in [0, 0.1) is 0 Å². The van der Waals surface area contributed by atoms with E-state index in [9.17, 15) is 14.7 Å². The molecule has 1 atom stereocenters. The second kappa shape index (κ2) is 17.7. The van der Waals surface area contributed by atoms with Crippen molar-refractivity contribution in [2.75, 3.05) is 6.54 Å². The summed E-state index contributed by atoms with van der Waals surface area (Å²) in [7, 11) is 1.98. The quantitative estimate of drug-likeness (QED) is 0.0991. The van der Waals surface area contributed by atoms with Gasteiger partial charge in [-0.25, -0.2) is 9.78 Å². The molecule has 49 heavy (non-hydrogen) atoms. The summed E-state index contributed by atoms with van der Waals surface area (Å²) >= 11 is 0. The zero-order chi connectivity index (χ0) is 34.4. The van der Waals surface area contributed by atoms with Crippen molar-refractivity contribution in [2.24, 2.45) is 12.8 Å². The zero-order valence-electron chi connectivity index (χ0n) is 27.7. The molecule has 6 N–H and O–H groups in total. The molecule has 10 heteroatoms. The third-order valence-electron chi connectivity index (χ3n) is 8.29. The number of fused-ring (bicyclic) bond motifs is 2. The lowest BCUT2D eigenvalue weighted by Gasteiger charge is -2.15. The first kappa shape index (κ1) is 34.9. The van der Waals surface area contributed by atoms with Crippen molar-refractivity contribution >= 4 is 33.7 Å². The Kier molecular flexibility index (Phi) is 12.6. The van der Waals surface area contributed by atoms with E-state index in [0.717, 1.165) is 28.1 Å². The molecule has 0 spiro atoms. The molecule has 6 rings (SSSR count). The van der Waals surface area contributed by atoms with Gasteiger partial charge in [0, 0.05) is 38.4 Å². The van der Waals surface area contributed by atoms with Gasteiger partial charge in [-0.2, -0.15) is 0 Å². The van der Waals surface area contributed by atoms with Crippen LogP contribution in [0.4, 0.5) is 0 Å². The van der Waals surface area contributed by atoms with Gasteiger partial charge in [-0.3, -0.25) is 9.78 Å². The van der Waals surface area contributed by atoms with Crippen LogP contribution in [0.15, 0.2) is 115 Å². The normalized spacial score (nSPS) is 11.6. The van der Waals surface area contributed by atoms with Crippen molar-refractivity contribution < 1.29 is 14.7 Å². The monoisotopic (exact) mass is 657 g/mol. The van der Waals surface area contributed by atoms with E-state index in [0.29, 0.717) is 51.1 Å². The van der Waals surface area contributed by atoms with Crippen molar-refractivity contribution in [1.82, 2.24) is 30.5 Å². The number of hydrogen-bond acceptors (Lipinski definition) is 7. The molecule has 6 aromatic rings. The molecule has 0 saturated heterocycles. The maximum absolute atomic E-state index is 12.6. The highest BCUT2D eigenvalue weighted by molar-refractivity contribution is 5.96. The number of hydrogen-bond donors (Lipinski definition) is 5. The number of amides is 1. The van der Waals surface area contributed by atoms with E-state index in [1.54, 1.807) is 18.3 Å². The third kappa shape index (κ3) is 9.80. The molecular formula is C39H43N7O3. The molecule has 0 bridgehead atoms. The van der Waals surface area contributed by atoms with Gasteiger partial charge < -0.3 is 31.4 Å². The molecule has 2 heterocycles. The van der Waals surface area contributed by atoms with Crippen molar-refractivity contribution in [1.29, 1.82) is 0 Å². The molecule has 0 aliphatic rings. The summed E-state index contributed by atoms with van der Waals surface area (Å²) in [5.74, 6) is -0.522. The van der Waals surface area contributed by atoms with Crippen LogP contribution in [0.25, 0.3) is 21.8 Å². The topological polar surface area (TPSA) is 147 Å². The first-order chi connectivity index (χ1) is 23.9. The number of carbonyl (C=O) groups is 2. The number of nitrogens with one attached hydrogen (secondary N) is 3. The summed E-state index contributed by atoms with van der Waals surface area (Å²) in [6, 6.07) is 34.5. The van der Waals surface area contributed by atoms with Gasteiger partial charge in [-0.05, 0) is 77.7 Å². The average molecular weight is 658 g/mol. The summed E-state index contributed by atoms with van der Waals surface area (Å²) in [5.41, 5.74) is 11.3. The summed E-state index contributed by atoms with van der Waals surface area (Å²) in [5, 5.41) is 21.4. The molecule has 1 amide bonds. The van der Waals surface area contributed by atoms with E-state index in [-0.39, 0.29) is 0 Å². The average Bonchev–Trinajstić information content (AvgIpc) is 3.46. The van der Waals surface area contributed by atoms with Crippen LogP contribution in [0.5, 0.6) is 0 Å². The standard InChI is InChI=1S/C28H32N6O3.C11H11N/c1-34-25-10-3-2-8-23(25)32-26(34)19-29-15-6-9-24(28(36)37)33-27(35)21-13-11-20(12-14-21)17-30-18-22-7-4-5-16-31-22;12-8-10-6-3-5-9-4-1-2-7-11(9)10/h2-5,7-8,10-14,16,24,29-30H,6,9,15,17-19H2,1H3,(H,33,35)(H,36,37);1-7H,8,12H2/t24-;/m0./s1. The number of rotatable bonds is 14. The van der Waals surface area contributed by atoms with Crippen molar-refractivity contribution in [2.45, 2.75) is 45.1 Å². The minimum Gasteiger partial charge on any atom is -0.480 e. The van der Waals surface area contributed by atoms with Crippen LogP contribution in [0.3, 0.4) is 0 Å². The predicted molar refractivity (Wildman–Crippen MR) is 194 cm³/mol. The Bertz CT molecular complexity index is 1950. The number of carboxylic acids is 1. The van der Waals surface area contributed by atoms with Crippen molar-refractivity contribution in [3.63, 3.8) is 0 Å². The number of carbonyl (C=O) groups excluding carboxylic acids is 1. The van der Waals surface area contributed by atoms with Gasteiger partial charge in [-0.1, -0.05) is 72.8 Å². The highest BCUT2D eigenvalue weighted by Crippen LogP contribution is 2.17. The maximum atomic E-state index is 12.6. The number of aliphatic carboxylic acids is 1. The zero-order valence-corrected chi connectivity index (χ0v) is 27.7. The molecule has 10 nitrogen and oxygen atoms in total. The number of carboxylic acid groups (broad SMARTS) is 1. The lowest BCUT2D eigenvalue weighted by molar-refractivity contribution is -0.139. The van der Waals surface area contributed by atoms with Gasteiger partial charge >= 0.3 is 5.97 Å². The number of aromatic nitrogens is 3. The number of nitrogens with two attached hydrogens (primary N) is 1. The highest BCUT2D eigenvalue weighted by Gasteiger charge is 2.20. The van der Waals surface area contributed by atoms with Crippen molar-refractivity contribution in [3.8, 4) is 0 Å². The van der Waals surface area contributed by atoms with Gasteiger partial charge in [0.1, 0.15) is 11.9 Å². The first-order valence-corrected chi connectivity index (χ1v) is 16.4. The predicted octanol–water partition coefficient (Wildman–Crippen LogP) is 5.31. The van der Waals surface area contributed by atoms with Crippen LogP contribution in [-0.4, -0.2) is 44.1 Å². The summed E-state index contributed by atoms with van der Waals surface area (Å²) in [6.07, 6.45) is 2.68. The number of nitrogens with zero attached hydrogens (tertiary/aromatic N) is 3.